The zero-order chi connectivity index (χ0) is 59.9. The molecule has 0 aliphatic carbocycles. The third-order valence-corrected chi connectivity index (χ3v) is 15.4. The lowest BCUT2D eigenvalue weighted by Crippen LogP contribution is -2.30. The number of ether oxygens (including phenoxy) is 6. The van der Waals surface area contributed by atoms with Gasteiger partial charge < -0.3 is 59.5 Å². The van der Waals surface area contributed by atoms with E-state index >= 15 is 0 Å². The number of carbonyl (C=O) groups excluding carboxylic acids is 6. The summed E-state index contributed by atoms with van der Waals surface area (Å²) in [6.45, 7) is 1.96. The number of amides is 6. The first-order valence-corrected chi connectivity index (χ1v) is 28.5. The number of nitrogens with one attached hydrogen (secondary N) is 4. The van der Waals surface area contributed by atoms with Crippen molar-refractivity contribution < 1.29 is 57.2 Å². The molecule has 0 aromatic heterocycles. The average molecular weight is 1190 g/mol. The van der Waals surface area contributed by atoms with Crippen molar-refractivity contribution in [3.05, 3.63) is 174 Å². The quantitative estimate of drug-likeness (QED) is 0.0355. The van der Waals surface area contributed by atoms with Crippen molar-refractivity contribution in [1.29, 1.82) is 0 Å². The number of halogens is 2. The molecule has 2 aliphatic rings. The minimum Gasteiger partial charge on any atom is -0.493 e. The number of methoxy groups -OCH3 is 6. The van der Waals surface area contributed by atoms with Gasteiger partial charge in [0.2, 0.25) is 23.3 Å². The molecular formula is C64H70Cl2N6O12. The van der Waals surface area contributed by atoms with Gasteiger partial charge in [0.1, 0.15) is 0 Å². The maximum absolute atomic E-state index is 14.0. The van der Waals surface area contributed by atoms with Gasteiger partial charge in [-0.25, -0.2) is 0 Å². The molecule has 2 heterocycles. The summed E-state index contributed by atoms with van der Waals surface area (Å²) in [6.07, 6.45) is 4.35. The van der Waals surface area contributed by atoms with E-state index in [9.17, 15) is 28.8 Å². The summed E-state index contributed by atoms with van der Waals surface area (Å²) in [5, 5.41) is 13.1. The van der Waals surface area contributed by atoms with Crippen LogP contribution in [-0.4, -0.2) is 101 Å². The zero-order valence-corrected chi connectivity index (χ0v) is 49.6. The van der Waals surface area contributed by atoms with Gasteiger partial charge in [0.05, 0.1) is 64.9 Å². The van der Waals surface area contributed by atoms with Crippen molar-refractivity contribution >= 4 is 58.6 Å². The van der Waals surface area contributed by atoms with Gasteiger partial charge in [0.15, 0.2) is 23.0 Å². The Bertz CT molecular complexity index is 3120. The standard InChI is InChI=1S/C64H70Cl2N6O12/c1-79-53-25-41(26-54(80-2)59(53)83-5)33-69-63(77)51-31-45-37-71(35-43(45)29-49(51)61(75)67-23-21-39-13-17-47(65)18-14-39)57(73)11-9-7-8-10-12-58(74)72-36-44-30-50(62(76)68-24-22-40-15-19-48(66)20-16-40)52(32-46(44)38-72)64(78)70-34-42-27-55(81-3)60(84-6)56(28-42)82-4/h13-20,25-32H,7-12,21-24,33-38H2,1-6H3,(H,67,75)(H,68,76)(H,69,77)(H,70,78). The maximum atomic E-state index is 14.0. The van der Waals surface area contributed by atoms with Gasteiger partial charge in [-0.3, -0.25) is 28.8 Å². The molecule has 2 aliphatic heterocycles. The molecule has 0 fully saturated rings. The van der Waals surface area contributed by atoms with Gasteiger partial charge in [-0.1, -0.05) is 60.3 Å². The van der Waals surface area contributed by atoms with Crippen LogP contribution in [0.5, 0.6) is 34.5 Å². The topological polar surface area (TPSA) is 212 Å². The Labute approximate surface area is 499 Å². The average Bonchev–Trinajstić information content (AvgIpc) is 3.13. The molecule has 20 heteroatoms. The van der Waals surface area contributed by atoms with Crippen LogP contribution in [0.4, 0.5) is 0 Å². The fourth-order valence-electron chi connectivity index (χ4n) is 10.4. The number of benzene rings is 6. The van der Waals surface area contributed by atoms with Crippen LogP contribution in [0, 0.1) is 0 Å². The van der Waals surface area contributed by atoms with Crippen molar-refractivity contribution in [3.8, 4) is 34.5 Å². The van der Waals surface area contributed by atoms with Crippen LogP contribution in [0.2, 0.25) is 10.0 Å². The number of fused-ring (bicyclic) bond motifs is 2. The molecule has 18 nitrogen and oxygen atoms in total. The van der Waals surface area contributed by atoms with E-state index in [4.69, 9.17) is 51.6 Å². The molecule has 0 atom stereocenters. The van der Waals surface area contributed by atoms with Crippen LogP contribution in [0.25, 0.3) is 0 Å². The van der Waals surface area contributed by atoms with Crippen LogP contribution < -0.4 is 49.7 Å². The highest BCUT2D eigenvalue weighted by Gasteiger charge is 2.30. The zero-order valence-electron chi connectivity index (χ0n) is 48.1. The minimum atomic E-state index is -0.469. The van der Waals surface area contributed by atoms with Crippen LogP contribution >= 0.6 is 23.2 Å². The molecular weight excluding hydrogens is 1120 g/mol. The van der Waals surface area contributed by atoms with Gasteiger partial charge in [0, 0.05) is 75.2 Å². The first kappa shape index (κ1) is 61.6. The molecule has 0 spiro atoms. The summed E-state index contributed by atoms with van der Waals surface area (Å²) in [6, 6.07) is 28.5. The highest BCUT2D eigenvalue weighted by atomic mass is 35.5. The minimum absolute atomic E-state index is 0.0525. The van der Waals surface area contributed by atoms with Crippen LogP contribution in [0.3, 0.4) is 0 Å². The Morgan fingerprint density at radius 3 is 0.976 bits per heavy atom. The van der Waals surface area contributed by atoms with Crippen molar-refractivity contribution in [2.24, 2.45) is 0 Å². The van der Waals surface area contributed by atoms with E-state index in [1.807, 2.05) is 24.3 Å². The number of unbranched alkanes of at least 4 members (excludes halogenated alkanes) is 3. The molecule has 6 aromatic rings. The van der Waals surface area contributed by atoms with E-state index < -0.39 is 23.6 Å². The van der Waals surface area contributed by atoms with E-state index in [0.29, 0.717) is 107 Å². The Hall–Kier alpha value is -8.48. The summed E-state index contributed by atoms with van der Waals surface area (Å²) in [5.41, 5.74) is 7.20. The third kappa shape index (κ3) is 15.4. The molecule has 0 radical (unpaired) electrons. The predicted molar refractivity (Wildman–Crippen MR) is 319 cm³/mol. The molecule has 442 valence electrons. The molecule has 84 heavy (non-hydrogen) atoms. The smallest absolute Gasteiger partial charge is 0.252 e. The summed E-state index contributed by atoms with van der Waals surface area (Å²) in [4.78, 5) is 86.7. The molecule has 0 saturated carbocycles. The lowest BCUT2D eigenvalue weighted by atomic mass is 9.98. The van der Waals surface area contributed by atoms with Crippen molar-refractivity contribution in [2.45, 2.75) is 90.6 Å². The summed E-state index contributed by atoms with van der Waals surface area (Å²) in [7, 11) is 9.06. The number of rotatable bonds is 27. The molecule has 8 rings (SSSR count). The Kier molecular flexibility index (Phi) is 21.4. The Morgan fingerprint density at radius 1 is 0.393 bits per heavy atom. The van der Waals surface area contributed by atoms with E-state index in [1.54, 1.807) is 82.6 Å². The Morgan fingerprint density at radius 2 is 0.690 bits per heavy atom. The first-order valence-electron chi connectivity index (χ1n) is 27.7. The van der Waals surface area contributed by atoms with Crippen molar-refractivity contribution in [1.82, 2.24) is 31.1 Å². The first-order chi connectivity index (χ1) is 40.6. The molecule has 0 bridgehead atoms. The monoisotopic (exact) mass is 1180 g/mol. The largest absolute Gasteiger partial charge is 0.493 e. The predicted octanol–water partition coefficient (Wildman–Crippen LogP) is 9.58. The highest BCUT2D eigenvalue weighted by Crippen LogP contribution is 2.40. The van der Waals surface area contributed by atoms with Gasteiger partial charge in [-0.05, 0) is 143 Å². The number of nitrogens with zero attached hydrogens (tertiary/aromatic N) is 2. The lowest BCUT2D eigenvalue weighted by molar-refractivity contribution is -0.132. The maximum Gasteiger partial charge on any atom is 0.252 e. The summed E-state index contributed by atoms with van der Waals surface area (Å²) >= 11 is 12.1. The highest BCUT2D eigenvalue weighted by molar-refractivity contribution is 6.30. The van der Waals surface area contributed by atoms with Crippen LogP contribution in [0.15, 0.2) is 97.1 Å². The van der Waals surface area contributed by atoms with Crippen molar-refractivity contribution in [3.63, 3.8) is 0 Å². The third-order valence-electron chi connectivity index (χ3n) is 14.9. The second-order valence-electron chi connectivity index (χ2n) is 20.4. The van der Waals surface area contributed by atoms with Crippen LogP contribution in [-0.2, 0) is 61.7 Å². The Balaban J connectivity index is 0.852. The van der Waals surface area contributed by atoms with Gasteiger partial charge >= 0.3 is 0 Å². The van der Waals surface area contributed by atoms with Gasteiger partial charge in [0.25, 0.3) is 23.6 Å². The van der Waals surface area contributed by atoms with Crippen molar-refractivity contribution in [2.75, 3.05) is 55.7 Å². The lowest BCUT2D eigenvalue weighted by Gasteiger charge is -2.16. The fourth-order valence-corrected chi connectivity index (χ4v) is 10.6. The fraction of sp³-hybridized carbons (Fsp3) is 0.344. The van der Waals surface area contributed by atoms with Crippen LogP contribution in [0.1, 0.15) is 124 Å². The molecule has 0 saturated heterocycles. The van der Waals surface area contributed by atoms with Gasteiger partial charge in [-0.15, -0.1) is 0 Å². The molecule has 4 N–H and O–H groups in total. The molecule has 6 aromatic carbocycles. The summed E-state index contributed by atoms with van der Waals surface area (Å²) < 4.78 is 32.9. The van der Waals surface area contributed by atoms with Gasteiger partial charge in [-0.2, -0.15) is 0 Å². The molecule has 0 unspecified atom stereocenters. The number of hydrogen-bond acceptors (Lipinski definition) is 12. The van der Waals surface area contributed by atoms with E-state index in [0.717, 1.165) is 46.2 Å². The molecule has 6 amide bonds. The summed E-state index contributed by atoms with van der Waals surface area (Å²) in [5.74, 6) is 0.669. The number of carbonyl (C=O) groups is 6. The second kappa shape index (κ2) is 29.2. The van der Waals surface area contributed by atoms with E-state index in [2.05, 4.69) is 21.3 Å². The number of hydrogen-bond donors (Lipinski definition) is 4. The normalized spacial score (nSPS) is 12.2. The van der Waals surface area contributed by atoms with E-state index in [1.165, 1.54) is 42.7 Å². The second-order valence-corrected chi connectivity index (χ2v) is 21.3. The van der Waals surface area contributed by atoms with E-state index in [-0.39, 0.29) is 73.3 Å². The SMILES string of the molecule is COc1cc(CNC(=O)c2cc3c(cc2C(=O)NCCc2ccc(Cl)cc2)CN(C(=O)CCCCCCC(=O)N2Cc4cc(C(=O)NCCc5ccc(Cl)cc5)c(C(=O)NCc5cc(OC)c(OC)c(OC)c5)cc4C2)C3)cc(OC)c1OC.